The molecule has 0 bridgehead atoms. The van der Waals surface area contributed by atoms with Gasteiger partial charge < -0.3 is 24.8 Å². The number of aromatic nitrogens is 1. The number of morpholine rings is 1. The Morgan fingerprint density at radius 3 is 2.37 bits per heavy atom. The molecule has 2 N–H and O–H groups in total. The minimum atomic E-state index is -0.577. The van der Waals surface area contributed by atoms with Crippen molar-refractivity contribution in [3.05, 3.63) is 46.6 Å². The minimum absolute atomic E-state index is 0.0430. The standard InChI is InChI=1S/C19H21ClN4O3/c20-16-15(18(21)25)14-12-23(19(26)22-8-10-27-11-9-22)6-7-24(14)17(16)13-4-2-1-3-5-13/h1-5H,6-12H2,(H2,21,25). The summed E-state index contributed by atoms with van der Waals surface area (Å²) in [6.07, 6.45) is 0. The average Bonchev–Trinajstić information content (AvgIpc) is 2.99. The maximum atomic E-state index is 12.8. The zero-order valence-electron chi connectivity index (χ0n) is 14.9. The number of fused-ring (bicyclic) bond motifs is 1. The Morgan fingerprint density at radius 1 is 1.00 bits per heavy atom. The van der Waals surface area contributed by atoms with Crippen LogP contribution in [0.4, 0.5) is 4.79 Å². The van der Waals surface area contributed by atoms with Crippen LogP contribution in [0.1, 0.15) is 16.1 Å². The number of carbonyl (C=O) groups is 2. The van der Waals surface area contributed by atoms with Crippen LogP contribution in [0, 0.1) is 0 Å². The lowest BCUT2D eigenvalue weighted by Crippen LogP contribution is -2.50. The van der Waals surface area contributed by atoms with Gasteiger partial charge in [-0.25, -0.2) is 4.79 Å². The quantitative estimate of drug-likeness (QED) is 0.856. The van der Waals surface area contributed by atoms with Crippen molar-refractivity contribution < 1.29 is 14.3 Å². The molecule has 142 valence electrons. The van der Waals surface area contributed by atoms with Crippen LogP contribution in [0.5, 0.6) is 0 Å². The molecule has 3 heterocycles. The van der Waals surface area contributed by atoms with E-state index in [2.05, 4.69) is 0 Å². The van der Waals surface area contributed by atoms with E-state index < -0.39 is 5.91 Å². The third kappa shape index (κ3) is 3.17. The second-order valence-electron chi connectivity index (χ2n) is 6.67. The number of rotatable bonds is 2. The van der Waals surface area contributed by atoms with Gasteiger partial charge in [-0.15, -0.1) is 0 Å². The van der Waals surface area contributed by atoms with E-state index in [4.69, 9.17) is 22.1 Å². The lowest BCUT2D eigenvalue weighted by Gasteiger charge is -2.36. The first kappa shape index (κ1) is 17.9. The fraction of sp³-hybridized carbons (Fsp3) is 0.368. The van der Waals surface area contributed by atoms with E-state index in [-0.39, 0.29) is 6.03 Å². The highest BCUT2D eigenvalue weighted by molar-refractivity contribution is 6.36. The Labute approximate surface area is 162 Å². The van der Waals surface area contributed by atoms with Gasteiger partial charge >= 0.3 is 6.03 Å². The minimum Gasteiger partial charge on any atom is -0.378 e. The number of benzene rings is 1. The Hall–Kier alpha value is -2.51. The van der Waals surface area contributed by atoms with Crippen LogP contribution in [-0.4, -0.2) is 59.2 Å². The van der Waals surface area contributed by atoms with E-state index in [0.717, 1.165) is 11.3 Å². The van der Waals surface area contributed by atoms with E-state index in [1.165, 1.54) is 0 Å². The van der Waals surface area contributed by atoms with Crippen molar-refractivity contribution in [2.24, 2.45) is 5.73 Å². The van der Waals surface area contributed by atoms with Crippen LogP contribution < -0.4 is 5.73 Å². The summed E-state index contributed by atoms with van der Waals surface area (Å²) >= 11 is 6.57. The smallest absolute Gasteiger partial charge is 0.320 e. The number of hydrogen-bond donors (Lipinski definition) is 1. The number of hydrogen-bond acceptors (Lipinski definition) is 3. The highest BCUT2D eigenvalue weighted by Gasteiger charge is 2.33. The largest absolute Gasteiger partial charge is 0.378 e. The van der Waals surface area contributed by atoms with Gasteiger partial charge in [-0.05, 0) is 5.56 Å². The molecule has 2 aliphatic rings. The van der Waals surface area contributed by atoms with Gasteiger partial charge in [0.15, 0.2) is 0 Å². The molecule has 0 unspecified atom stereocenters. The second-order valence-corrected chi connectivity index (χ2v) is 7.05. The molecule has 0 saturated carbocycles. The van der Waals surface area contributed by atoms with Gasteiger partial charge in [0.25, 0.3) is 5.91 Å². The van der Waals surface area contributed by atoms with Crippen LogP contribution in [0.15, 0.2) is 30.3 Å². The Kier molecular flexibility index (Phi) is 4.80. The highest BCUT2D eigenvalue weighted by atomic mass is 35.5. The molecule has 2 aromatic rings. The summed E-state index contributed by atoms with van der Waals surface area (Å²) in [6, 6.07) is 9.63. The summed E-state index contributed by atoms with van der Waals surface area (Å²) in [4.78, 5) is 28.5. The van der Waals surface area contributed by atoms with Crippen molar-refractivity contribution in [3.8, 4) is 11.3 Å². The van der Waals surface area contributed by atoms with Crippen LogP contribution in [0.25, 0.3) is 11.3 Å². The number of carbonyl (C=O) groups excluding carboxylic acids is 2. The molecule has 8 heteroatoms. The van der Waals surface area contributed by atoms with Crippen molar-refractivity contribution >= 4 is 23.5 Å². The van der Waals surface area contributed by atoms with E-state index in [1.807, 2.05) is 34.9 Å². The summed E-state index contributed by atoms with van der Waals surface area (Å²) in [6.45, 7) is 3.67. The SMILES string of the molecule is NC(=O)c1c(Cl)c(-c2ccccc2)n2c1CN(C(=O)N1CCOCC1)CC2. The Balaban J connectivity index is 1.70. The molecule has 3 amide bonds. The molecule has 7 nitrogen and oxygen atoms in total. The Morgan fingerprint density at radius 2 is 1.70 bits per heavy atom. The molecule has 2 aliphatic heterocycles. The molecule has 0 atom stereocenters. The molecular weight excluding hydrogens is 368 g/mol. The molecule has 0 radical (unpaired) electrons. The van der Waals surface area contributed by atoms with Crippen LogP contribution in [0.3, 0.4) is 0 Å². The zero-order chi connectivity index (χ0) is 19.0. The van der Waals surface area contributed by atoms with Gasteiger partial charge in [0, 0.05) is 26.2 Å². The summed E-state index contributed by atoms with van der Waals surface area (Å²) in [5.41, 5.74) is 8.32. The van der Waals surface area contributed by atoms with Gasteiger partial charge in [-0.1, -0.05) is 41.9 Å². The summed E-state index contributed by atoms with van der Waals surface area (Å²) in [7, 11) is 0. The number of ether oxygens (including phenoxy) is 1. The predicted octanol–water partition coefficient (Wildman–Crippen LogP) is 2.18. The summed E-state index contributed by atoms with van der Waals surface area (Å²) < 4.78 is 7.33. The van der Waals surface area contributed by atoms with Gasteiger partial charge in [-0.3, -0.25) is 4.79 Å². The third-order valence-corrected chi connectivity index (χ3v) is 5.46. The summed E-state index contributed by atoms with van der Waals surface area (Å²) in [5.74, 6) is -0.577. The molecular formula is C19H21ClN4O3. The van der Waals surface area contributed by atoms with Crippen LogP contribution in [-0.2, 0) is 17.8 Å². The second kappa shape index (κ2) is 7.25. The molecule has 1 saturated heterocycles. The van der Waals surface area contributed by atoms with Gasteiger partial charge in [-0.2, -0.15) is 0 Å². The van der Waals surface area contributed by atoms with Crippen molar-refractivity contribution in [2.45, 2.75) is 13.1 Å². The first-order chi connectivity index (χ1) is 13.1. The van der Waals surface area contributed by atoms with Gasteiger partial charge in [0.05, 0.1) is 41.7 Å². The molecule has 0 aliphatic carbocycles. The number of amides is 3. The van der Waals surface area contributed by atoms with E-state index in [1.54, 1.807) is 9.80 Å². The zero-order valence-corrected chi connectivity index (χ0v) is 15.6. The molecule has 0 spiro atoms. The van der Waals surface area contributed by atoms with Crippen LogP contribution >= 0.6 is 11.6 Å². The van der Waals surface area contributed by atoms with Crippen LogP contribution in [0.2, 0.25) is 5.02 Å². The van der Waals surface area contributed by atoms with Crippen molar-refractivity contribution in [3.63, 3.8) is 0 Å². The first-order valence-corrected chi connectivity index (χ1v) is 9.33. The molecule has 1 fully saturated rings. The summed E-state index contributed by atoms with van der Waals surface area (Å²) in [5, 5.41) is 0.351. The third-order valence-electron chi connectivity index (χ3n) is 5.09. The van der Waals surface area contributed by atoms with Crippen molar-refractivity contribution in [1.29, 1.82) is 0 Å². The molecule has 1 aromatic heterocycles. The average molecular weight is 389 g/mol. The topological polar surface area (TPSA) is 80.8 Å². The van der Waals surface area contributed by atoms with Crippen molar-refractivity contribution in [2.75, 3.05) is 32.8 Å². The number of urea groups is 1. The number of primary amides is 1. The van der Waals surface area contributed by atoms with E-state index >= 15 is 0 Å². The lowest BCUT2D eigenvalue weighted by molar-refractivity contribution is 0.0409. The maximum Gasteiger partial charge on any atom is 0.320 e. The molecule has 27 heavy (non-hydrogen) atoms. The highest BCUT2D eigenvalue weighted by Crippen LogP contribution is 2.37. The fourth-order valence-corrected chi connectivity index (χ4v) is 4.19. The fourth-order valence-electron chi connectivity index (χ4n) is 3.77. The van der Waals surface area contributed by atoms with Gasteiger partial charge in [0.1, 0.15) is 0 Å². The Bertz CT molecular complexity index is 875. The number of nitrogens with zero attached hydrogens (tertiary/aromatic N) is 3. The first-order valence-electron chi connectivity index (χ1n) is 8.95. The lowest BCUT2D eigenvalue weighted by atomic mass is 10.1. The van der Waals surface area contributed by atoms with E-state index in [9.17, 15) is 9.59 Å². The molecule has 1 aromatic carbocycles. The number of halogens is 1. The molecule has 4 rings (SSSR count). The maximum absolute atomic E-state index is 12.8. The predicted molar refractivity (Wildman–Crippen MR) is 102 cm³/mol. The van der Waals surface area contributed by atoms with Gasteiger partial charge in [0.2, 0.25) is 0 Å². The van der Waals surface area contributed by atoms with E-state index in [0.29, 0.717) is 62.2 Å². The number of nitrogens with two attached hydrogens (primary N) is 1. The normalized spacial score (nSPS) is 16.9. The van der Waals surface area contributed by atoms with Crippen molar-refractivity contribution in [1.82, 2.24) is 14.4 Å². The monoisotopic (exact) mass is 388 g/mol.